The minimum atomic E-state index is 0.569. The highest BCUT2D eigenvalue weighted by Crippen LogP contribution is 2.31. The second kappa shape index (κ2) is 8.50. The lowest BCUT2D eigenvalue weighted by atomic mass is 9.99. The van der Waals surface area contributed by atoms with E-state index in [0.717, 1.165) is 48.9 Å². The molecule has 1 aliphatic rings. The zero-order chi connectivity index (χ0) is 17.6. The molecule has 0 radical (unpaired) electrons. The van der Waals surface area contributed by atoms with Crippen molar-refractivity contribution in [3.8, 4) is 17.2 Å². The fourth-order valence-electron chi connectivity index (χ4n) is 3.55. The van der Waals surface area contributed by atoms with Crippen LogP contribution in [0.2, 0.25) is 0 Å². The number of rotatable bonds is 7. The van der Waals surface area contributed by atoms with Gasteiger partial charge in [0.05, 0.1) is 18.4 Å². The predicted octanol–water partition coefficient (Wildman–Crippen LogP) is 4.05. The first-order chi connectivity index (χ1) is 12.2. The zero-order valence-electron chi connectivity index (χ0n) is 15.5. The summed E-state index contributed by atoms with van der Waals surface area (Å²) in [5, 5.41) is 0. The summed E-state index contributed by atoms with van der Waals surface area (Å²) in [4.78, 5) is 7.31. The Morgan fingerprint density at radius 1 is 1.24 bits per heavy atom. The van der Waals surface area contributed by atoms with Crippen molar-refractivity contribution in [2.75, 3.05) is 27.4 Å². The standard InChI is InChI=1S/C20H28N2O3/c1-15-18(14-22-12-7-6-8-16(22)11-13-23-2)21-20(25-15)17-9-4-5-10-19(17)24-3/h4-5,9-10,16H,6-8,11-14H2,1-3H3/t16-/m0/s1. The van der Waals surface area contributed by atoms with Gasteiger partial charge in [-0.15, -0.1) is 0 Å². The Bertz CT molecular complexity index is 683. The van der Waals surface area contributed by atoms with E-state index in [1.54, 1.807) is 14.2 Å². The number of ether oxygens (including phenoxy) is 2. The summed E-state index contributed by atoms with van der Waals surface area (Å²) in [5.74, 6) is 2.30. The molecule has 5 heteroatoms. The van der Waals surface area contributed by atoms with Crippen LogP contribution < -0.4 is 4.74 Å². The highest BCUT2D eigenvalue weighted by Gasteiger charge is 2.24. The van der Waals surface area contributed by atoms with Gasteiger partial charge in [-0.1, -0.05) is 18.6 Å². The minimum absolute atomic E-state index is 0.569. The fraction of sp³-hybridized carbons (Fsp3) is 0.550. The number of aryl methyl sites for hydroxylation is 1. The Labute approximate surface area is 149 Å². The van der Waals surface area contributed by atoms with Crippen molar-refractivity contribution in [2.24, 2.45) is 0 Å². The lowest BCUT2D eigenvalue weighted by Crippen LogP contribution is -2.39. The largest absolute Gasteiger partial charge is 0.496 e. The topological polar surface area (TPSA) is 47.7 Å². The zero-order valence-corrected chi connectivity index (χ0v) is 15.5. The molecule has 0 saturated carbocycles. The van der Waals surface area contributed by atoms with Crippen LogP contribution in [-0.4, -0.2) is 43.3 Å². The van der Waals surface area contributed by atoms with Gasteiger partial charge in [0, 0.05) is 26.3 Å². The van der Waals surface area contributed by atoms with Crippen molar-refractivity contribution >= 4 is 0 Å². The average molecular weight is 344 g/mol. The van der Waals surface area contributed by atoms with Crippen molar-refractivity contribution < 1.29 is 13.9 Å². The third kappa shape index (κ3) is 4.22. The Morgan fingerprint density at radius 3 is 2.88 bits per heavy atom. The van der Waals surface area contributed by atoms with E-state index in [-0.39, 0.29) is 0 Å². The molecule has 0 aliphatic carbocycles. The van der Waals surface area contributed by atoms with Crippen LogP contribution in [0, 0.1) is 6.92 Å². The average Bonchev–Trinajstić information content (AvgIpc) is 3.01. The number of oxazole rings is 1. The molecule has 0 N–H and O–H groups in total. The molecule has 25 heavy (non-hydrogen) atoms. The van der Waals surface area contributed by atoms with E-state index < -0.39 is 0 Å². The highest BCUT2D eigenvalue weighted by atomic mass is 16.5. The van der Waals surface area contributed by atoms with Crippen molar-refractivity contribution in [1.82, 2.24) is 9.88 Å². The van der Waals surface area contributed by atoms with Gasteiger partial charge in [-0.2, -0.15) is 0 Å². The van der Waals surface area contributed by atoms with Crippen molar-refractivity contribution in [2.45, 2.75) is 45.2 Å². The molecule has 136 valence electrons. The monoisotopic (exact) mass is 344 g/mol. The predicted molar refractivity (Wildman–Crippen MR) is 97.8 cm³/mol. The van der Waals surface area contributed by atoms with Gasteiger partial charge in [-0.05, 0) is 44.9 Å². The van der Waals surface area contributed by atoms with E-state index in [1.807, 2.05) is 31.2 Å². The normalized spacial score (nSPS) is 18.4. The molecule has 0 spiro atoms. The SMILES string of the molecule is COCC[C@@H]1CCCCN1Cc1nc(-c2ccccc2OC)oc1C. The Kier molecular flexibility index (Phi) is 6.10. The van der Waals surface area contributed by atoms with Crippen LogP contribution in [0.5, 0.6) is 5.75 Å². The Morgan fingerprint density at radius 2 is 2.08 bits per heavy atom. The summed E-state index contributed by atoms with van der Waals surface area (Å²) in [6.07, 6.45) is 4.86. The maximum Gasteiger partial charge on any atom is 0.230 e. The summed E-state index contributed by atoms with van der Waals surface area (Å²) in [5.41, 5.74) is 1.92. The Balaban J connectivity index is 1.78. The molecule has 0 amide bonds. The lowest BCUT2D eigenvalue weighted by Gasteiger charge is -2.35. The lowest BCUT2D eigenvalue weighted by molar-refractivity contribution is 0.0961. The molecule has 1 aromatic heterocycles. The third-order valence-electron chi connectivity index (χ3n) is 4.99. The number of hydrogen-bond acceptors (Lipinski definition) is 5. The summed E-state index contributed by atoms with van der Waals surface area (Å²) in [6.45, 7) is 4.75. The second-order valence-electron chi connectivity index (χ2n) is 6.62. The van der Waals surface area contributed by atoms with Crippen LogP contribution in [0.15, 0.2) is 28.7 Å². The molecule has 5 nitrogen and oxygen atoms in total. The fourth-order valence-corrected chi connectivity index (χ4v) is 3.55. The van der Waals surface area contributed by atoms with Gasteiger partial charge in [-0.3, -0.25) is 4.90 Å². The number of nitrogens with zero attached hydrogens (tertiary/aromatic N) is 2. The van der Waals surface area contributed by atoms with Gasteiger partial charge >= 0.3 is 0 Å². The molecule has 1 saturated heterocycles. The molecular weight excluding hydrogens is 316 g/mol. The van der Waals surface area contributed by atoms with Crippen LogP contribution >= 0.6 is 0 Å². The number of aromatic nitrogens is 1. The van der Waals surface area contributed by atoms with E-state index in [0.29, 0.717) is 11.9 Å². The molecule has 2 aromatic rings. The molecule has 3 rings (SSSR count). The van der Waals surface area contributed by atoms with Gasteiger partial charge in [0.1, 0.15) is 11.5 Å². The first-order valence-electron chi connectivity index (χ1n) is 9.05. The number of para-hydroxylation sites is 1. The van der Waals surface area contributed by atoms with Gasteiger partial charge < -0.3 is 13.9 Å². The molecule has 1 fully saturated rings. The van der Waals surface area contributed by atoms with Gasteiger partial charge in [0.15, 0.2) is 0 Å². The summed E-state index contributed by atoms with van der Waals surface area (Å²) in [7, 11) is 3.44. The van der Waals surface area contributed by atoms with Crippen LogP contribution in [0.25, 0.3) is 11.5 Å². The van der Waals surface area contributed by atoms with Gasteiger partial charge in [0.2, 0.25) is 5.89 Å². The van der Waals surface area contributed by atoms with Crippen molar-refractivity contribution in [3.05, 3.63) is 35.7 Å². The number of methoxy groups -OCH3 is 2. The van der Waals surface area contributed by atoms with Crippen LogP contribution in [0.3, 0.4) is 0 Å². The third-order valence-corrected chi connectivity index (χ3v) is 4.99. The van der Waals surface area contributed by atoms with Crippen LogP contribution in [0.4, 0.5) is 0 Å². The van der Waals surface area contributed by atoms with E-state index in [1.165, 1.54) is 19.3 Å². The van der Waals surface area contributed by atoms with E-state index in [2.05, 4.69) is 4.90 Å². The van der Waals surface area contributed by atoms with E-state index >= 15 is 0 Å². The number of piperidine rings is 1. The van der Waals surface area contributed by atoms with Crippen LogP contribution in [0.1, 0.15) is 37.1 Å². The number of benzene rings is 1. The molecule has 1 atom stereocenters. The van der Waals surface area contributed by atoms with E-state index in [9.17, 15) is 0 Å². The molecule has 1 aliphatic heterocycles. The maximum atomic E-state index is 5.96. The molecule has 0 bridgehead atoms. The van der Waals surface area contributed by atoms with Gasteiger partial charge in [0.25, 0.3) is 0 Å². The number of hydrogen-bond donors (Lipinski definition) is 0. The first-order valence-corrected chi connectivity index (χ1v) is 9.05. The molecule has 2 heterocycles. The minimum Gasteiger partial charge on any atom is -0.496 e. The summed E-state index contributed by atoms with van der Waals surface area (Å²) < 4.78 is 16.7. The summed E-state index contributed by atoms with van der Waals surface area (Å²) in [6, 6.07) is 8.41. The van der Waals surface area contributed by atoms with Gasteiger partial charge in [-0.25, -0.2) is 4.98 Å². The molecular formula is C20H28N2O3. The highest BCUT2D eigenvalue weighted by molar-refractivity contribution is 5.62. The maximum absolute atomic E-state index is 5.96. The van der Waals surface area contributed by atoms with Crippen molar-refractivity contribution in [1.29, 1.82) is 0 Å². The summed E-state index contributed by atoms with van der Waals surface area (Å²) >= 11 is 0. The Hall–Kier alpha value is -1.85. The van der Waals surface area contributed by atoms with E-state index in [4.69, 9.17) is 18.9 Å². The second-order valence-corrected chi connectivity index (χ2v) is 6.62. The molecule has 1 aromatic carbocycles. The first kappa shape index (κ1) is 18.0. The smallest absolute Gasteiger partial charge is 0.230 e. The number of likely N-dealkylation sites (tertiary alicyclic amines) is 1. The van der Waals surface area contributed by atoms with Crippen molar-refractivity contribution in [3.63, 3.8) is 0 Å². The van der Waals surface area contributed by atoms with Crippen LogP contribution in [-0.2, 0) is 11.3 Å². The molecule has 0 unspecified atom stereocenters. The quantitative estimate of drug-likeness (QED) is 0.758.